The van der Waals surface area contributed by atoms with Crippen LogP contribution in [-0.2, 0) is 6.42 Å². The smallest absolute Gasteiger partial charge is 0.137 e. The van der Waals surface area contributed by atoms with Gasteiger partial charge in [0.15, 0.2) is 0 Å². The Hall–Kier alpha value is -5.16. The molecule has 0 atom stereocenters. The Morgan fingerprint density at radius 1 is 0.727 bits per heavy atom. The van der Waals surface area contributed by atoms with Crippen LogP contribution in [0.25, 0.3) is 44.4 Å². The number of aryl methyl sites for hydroxylation is 2. The van der Waals surface area contributed by atoms with Crippen LogP contribution in [-0.4, -0.2) is 19.3 Å². The first kappa shape index (κ1) is 27.7. The average molecular weight is 577 g/mol. The molecule has 3 aromatic heterocycles. The fourth-order valence-electron chi connectivity index (χ4n) is 6.33. The summed E-state index contributed by atoms with van der Waals surface area (Å²) in [4.78, 5) is 4.76. The van der Waals surface area contributed by atoms with E-state index in [1.165, 1.54) is 27.5 Å². The van der Waals surface area contributed by atoms with E-state index in [-0.39, 0.29) is 0 Å². The van der Waals surface area contributed by atoms with E-state index in [9.17, 15) is 0 Å². The number of fused-ring (bicyclic) bond motifs is 3. The minimum atomic E-state index is 0.592. The Bertz CT molecular complexity index is 2140. The first-order valence-corrected chi connectivity index (χ1v) is 15.3. The Morgan fingerprint density at radius 2 is 1.55 bits per heavy atom. The summed E-state index contributed by atoms with van der Waals surface area (Å²) in [5, 5.41) is 7.31. The van der Waals surface area contributed by atoms with E-state index in [0.717, 1.165) is 57.4 Å². The standard InChI is InChI=1S/C39H36N4O/c1-25(2)20-29-14-17-36-35(22-29)34-16-15-33(24-37(34)42(36)38-21-26(3)18-19-40-38)44-32-13-9-12-31(23-32)43-28(5)39(27(4)41-43)30-10-7-6-8-11-30/h6-19,21-25H,20H2,1-5H3. The molecule has 3 heterocycles. The van der Waals surface area contributed by atoms with Crippen molar-refractivity contribution in [3.05, 3.63) is 132 Å². The molecule has 0 N–H and O–H groups in total. The molecule has 0 spiro atoms. The van der Waals surface area contributed by atoms with Gasteiger partial charge in [0.1, 0.15) is 17.3 Å². The second kappa shape index (κ2) is 11.2. The van der Waals surface area contributed by atoms with Crippen molar-refractivity contribution in [2.75, 3.05) is 0 Å². The maximum absolute atomic E-state index is 6.52. The number of aromatic nitrogens is 4. The second-order valence-corrected chi connectivity index (χ2v) is 12.1. The molecule has 0 aliphatic carbocycles. The highest BCUT2D eigenvalue weighted by molar-refractivity contribution is 6.09. The highest BCUT2D eigenvalue weighted by Crippen LogP contribution is 2.36. The van der Waals surface area contributed by atoms with Crippen LogP contribution in [0.5, 0.6) is 11.5 Å². The van der Waals surface area contributed by atoms with Crippen molar-refractivity contribution in [3.63, 3.8) is 0 Å². The van der Waals surface area contributed by atoms with Crippen molar-refractivity contribution >= 4 is 21.8 Å². The molecule has 0 amide bonds. The Kier molecular flexibility index (Phi) is 7.01. The molecular formula is C39H36N4O. The highest BCUT2D eigenvalue weighted by atomic mass is 16.5. The normalized spacial score (nSPS) is 11.6. The third kappa shape index (κ3) is 5.05. The Labute approximate surface area is 258 Å². The number of nitrogens with zero attached hydrogens (tertiary/aromatic N) is 4. The first-order valence-electron chi connectivity index (χ1n) is 15.3. The van der Waals surface area contributed by atoms with Gasteiger partial charge in [0.2, 0.25) is 0 Å². The second-order valence-electron chi connectivity index (χ2n) is 12.1. The molecular weight excluding hydrogens is 540 g/mol. The molecule has 7 aromatic rings. The minimum absolute atomic E-state index is 0.592. The van der Waals surface area contributed by atoms with E-state index in [1.807, 2.05) is 41.2 Å². The molecule has 5 nitrogen and oxygen atoms in total. The number of rotatable bonds is 7. The van der Waals surface area contributed by atoms with Gasteiger partial charge in [-0.2, -0.15) is 5.10 Å². The van der Waals surface area contributed by atoms with Gasteiger partial charge in [-0.3, -0.25) is 4.57 Å². The van der Waals surface area contributed by atoms with Crippen LogP contribution in [0.15, 0.2) is 109 Å². The molecule has 7 rings (SSSR count). The molecule has 0 aliphatic rings. The van der Waals surface area contributed by atoms with Crippen molar-refractivity contribution in [2.24, 2.45) is 5.92 Å². The van der Waals surface area contributed by atoms with Gasteiger partial charge in [-0.05, 0) is 98.3 Å². The first-order chi connectivity index (χ1) is 21.4. The third-order valence-electron chi connectivity index (χ3n) is 8.23. The van der Waals surface area contributed by atoms with E-state index in [1.54, 1.807) is 0 Å². The molecule has 0 saturated heterocycles. The lowest BCUT2D eigenvalue weighted by Crippen LogP contribution is -2.00. The van der Waals surface area contributed by atoms with E-state index >= 15 is 0 Å². The quantitative estimate of drug-likeness (QED) is 0.190. The fraction of sp³-hybridized carbons (Fsp3) is 0.179. The molecule has 0 unspecified atom stereocenters. The number of pyridine rings is 1. The molecule has 0 bridgehead atoms. The summed E-state index contributed by atoms with van der Waals surface area (Å²) in [6.45, 7) is 10.8. The molecule has 0 radical (unpaired) electrons. The molecule has 218 valence electrons. The van der Waals surface area contributed by atoms with Crippen LogP contribution in [0.3, 0.4) is 0 Å². The average Bonchev–Trinajstić information content (AvgIpc) is 3.49. The van der Waals surface area contributed by atoms with Gasteiger partial charge in [0, 0.05) is 40.4 Å². The van der Waals surface area contributed by atoms with Gasteiger partial charge in [-0.25, -0.2) is 9.67 Å². The van der Waals surface area contributed by atoms with Gasteiger partial charge in [0.05, 0.1) is 22.4 Å². The van der Waals surface area contributed by atoms with E-state index < -0.39 is 0 Å². The summed E-state index contributed by atoms with van der Waals surface area (Å²) in [6.07, 6.45) is 2.93. The summed E-state index contributed by atoms with van der Waals surface area (Å²) >= 11 is 0. The van der Waals surface area contributed by atoms with Gasteiger partial charge < -0.3 is 4.74 Å². The molecule has 0 fully saturated rings. The van der Waals surface area contributed by atoms with Gasteiger partial charge in [-0.1, -0.05) is 56.3 Å². The lowest BCUT2D eigenvalue weighted by molar-refractivity contribution is 0.483. The number of hydrogen-bond donors (Lipinski definition) is 0. The van der Waals surface area contributed by atoms with E-state index in [0.29, 0.717) is 5.92 Å². The zero-order valence-electron chi connectivity index (χ0n) is 25.9. The summed E-state index contributed by atoms with van der Waals surface area (Å²) in [5.74, 6) is 3.02. The monoisotopic (exact) mass is 576 g/mol. The fourth-order valence-corrected chi connectivity index (χ4v) is 6.33. The van der Waals surface area contributed by atoms with Crippen LogP contribution in [0.1, 0.15) is 36.4 Å². The number of hydrogen-bond acceptors (Lipinski definition) is 3. The summed E-state index contributed by atoms with van der Waals surface area (Å²) in [6, 6.07) is 35.9. The van der Waals surface area contributed by atoms with Crippen molar-refractivity contribution in [2.45, 2.75) is 41.0 Å². The molecule has 4 aromatic carbocycles. The zero-order chi connectivity index (χ0) is 30.4. The van der Waals surface area contributed by atoms with Crippen LogP contribution in [0, 0.1) is 26.7 Å². The van der Waals surface area contributed by atoms with E-state index in [2.05, 4.69) is 112 Å². The minimum Gasteiger partial charge on any atom is -0.457 e. The maximum Gasteiger partial charge on any atom is 0.137 e. The van der Waals surface area contributed by atoms with Gasteiger partial charge >= 0.3 is 0 Å². The zero-order valence-corrected chi connectivity index (χ0v) is 25.9. The van der Waals surface area contributed by atoms with Crippen molar-refractivity contribution in [1.82, 2.24) is 19.3 Å². The van der Waals surface area contributed by atoms with Crippen molar-refractivity contribution in [1.29, 1.82) is 0 Å². The van der Waals surface area contributed by atoms with Crippen molar-refractivity contribution in [3.8, 4) is 34.1 Å². The molecule has 0 saturated carbocycles. The summed E-state index contributed by atoms with van der Waals surface area (Å²) in [5.41, 5.74) is 10.1. The lowest BCUT2D eigenvalue weighted by Gasteiger charge is -2.11. The number of ether oxygens (including phenoxy) is 1. The highest BCUT2D eigenvalue weighted by Gasteiger charge is 2.17. The van der Waals surface area contributed by atoms with Crippen LogP contribution < -0.4 is 4.74 Å². The Balaban J connectivity index is 1.29. The van der Waals surface area contributed by atoms with Crippen LogP contribution in [0.4, 0.5) is 0 Å². The van der Waals surface area contributed by atoms with Crippen LogP contribution in [0.2, 0.25) is 0 Å². The largest absolute Gasteiger partial charge is 0.457 e. The predicted molar refractivity (Wildman–Crippen MR) is 180 cm³/mol. The molecule has 44 heavy (non-hydrogen) atoms. The topological polar surface area (TPSA) is 44.9 Å². The van der Waals surface area contributed by atoms with Crippen molar-refractivity contribution < 1.29 is 4.74 Å². The lowest BCUT2D eigenvalue weighted by atomic mass is 10.0. The van der Waals surface area contributed by atoms with Crippen LogP contribution >= 0.6 is 0 Å². The summed E-state index contributed by atoms with van der Waals surface area (Å²) < 4.78 is 10.8. The SMILES string of the molecule is Cc1ccnc(-n2c3ccc(CC(C)C)cc3c3ccc(Oc4cccc(-n5nc(C)c(-c6ccccc6)c5C)c4)cc32)c1. The predicted octanol–water partition coefficient (Wildman–Crippen LogP) is 9.95. The molecule has 0 aliphatic heterocycles. The maximum atomic E-state index is 6.52. The van der Waals surface area contributed by atoms with Gasteiger partial charge in [-0.15, -0.1) is 0 Å². The third-order valence-corrected chi connectivity index (χ3v) is 8.23. The molecule has 5 heteroatoms. The van der Waals surface area contributed by atoms with E-state index in [4.69, 9.17) is 14.8 Å². The number of benzene rings is 4. The Morgan fingerprint density at radius 3 is 2.34 bits per heavy atom. The summed E-state index contributed by atoms with van der Waals surface area (Å²) in [7, 11) is 0. The van der Waals surface area contributed by atoms with Gasteiger partial charge in [0.25, 0.3) is 0 Å².